The molecule has 1 amide bonds. The number of carbonyl (C=O) groups excluding carboxylic acids is 1. The normalized spacial score (nSPS) is 10.4. The van der Waals surface area contributed by atoms with E-state index >= 15 is 0 Å². The lowest BCUT2D eigenvalue weighted by atomic mass is 10.2. The Labute approximate surface area is 123 Å². The predicted molar refractivity (Wildman–Crippen MR) is 77.6 cm³/mol. The highest BCUT2D eigenvalue weighted by Gasteiger charge is 2.09. The molecular formula is C12H12BrN3O2S. The van der Waals surface area contributed by atoms with Gasteiger partial charge in [0.05, 0.1) is 6.61 Å². The smallest absolute Gasteiger partial charge is 0.257 e. The molecule has 1 aromatic heterocycles. The van der Waals surface area contributed by atoms with E-state index in [9.17, 15) is 4.79 Å². The second kappa shape index (κ2) is 6.74. The molecule has 5 nitrogen and oxygen atoms in total. The molecule has 0 atom stereocenters. The molecule has 19 heavy (non-hydrogen) atoms. The number of aromatic nitrogens is 2. The standard InChI is InChI=1S/C12H12BrN3O2S/c1-18-7-6-10-15-16-12(19-10)14-11(17)8-2-4-9(13)5-3-8/h2-5H,6-7H2,1H3,(H,14,16,17). The Morgan fingerprint density at radius 3 is 2.79 bits per heavy atom. The van der Waals surface area contributed by atoms with Gasteiger partial charge in [-0.05, 0) is 24.3 Å². The summed E-state index contributed by atoms with van der Waals surface area (Å²) in [5, 5.41) is 12.0. The third-order valence-corrected chi connectivity index (χ3v) is 3.74. The van der Waals surface area contributed by atoms with Crippen molar-refractivity contribution in [1.82, 2.24) is 10.2 Å². The van der Waals surface area contributed by atoms with Crippen LogP contribution in [0.2, 0.25) is 0 Å². The molecule has 0 aliphatic heterocycles. The Morgan fingerprint density at radius 2 is 2.11 bits per heavy atom. The van der Waals surface area contributed by atoms with Crippen molar-refractivity contribution in [3.63, 3.8) is 0 Å². The summed E-state index contributed by atoms with van der Waals surface area (Å²) in [5.41, 5.74) is 0.580. The summed E-state index contributed by atoms with van der Waals surface area (Å²) in [7, 11) is 1.64. The average Bonchev–Trinajstić information content (AvgIpc) is 2.84. The number of halogens is 1. The van der Waals surface area contributed by atoms with Crippen molar-refractivity contribution in [2.45, 2.75) is 6.42 Å². The van der Waals surface area contributed by atoms with Gasteiger partial charge in [0.25, 0.3) is 5.91 Å². The van der Waals surface area contributed by atoms with E-state index in [4.69, 9.17) is 4.74 Å². The van der Waals surface area contributed by atoms with Crippen LogP contribution in [0, 0.1) is 0 Å². The van der Waals surface area contributed by atoms with Gasteiger partial charge in [-0.25, -0.2) is 0 Å². The molecule has 100 valence electrons. The van der Waals surface area contributed by atoms with Crippen LogP contribution in [0.4, 0.5) is 5.13 Å². The number of nitrogens with zero attached hydrogens (tertiary/aromatic N) is 2. The van der Waals surface area contributed by atoms with E-state index in [1.165, 1.54) is 11.3 Å². The maximum atomic E-state index is 11.9. The largest absolute Gasteiger partial charge is 0.384 e. The van der Waals surface area contributed by atoms with Gasteiger partial charge in [-0.2, -0.15) is 0 Å². The van der Waals surface area contributed by atoms with Crippen LogP contribution in [0.15, 0.2) is 28.7 Å². The maximum Gasteiger partial charge on any atom is 0.257 e. The van der Waals surface area contributed by atoms with Crippen LogP contribution in [0.5, 0.6) is 0 Å². The number of carbonyl (C=O) groups is 1. The molecular weight excluding hydrogens is 330 g/mol. The van der Waals surface area contributed by atoms with Crippen molar-refractivity contribution in [3.05, 3.63) is 39.3 Å². The lowest BCUT2D eigenvalue weighted by Crippen LogP contribution is -2.11. The molecule has 1 heterocycles. The summed E-state index contributed by atoms with van der Waals surface area (Å²) in [6.45, 7) is 0.593. The molecule has 7 heteroatoms. The number of hydrogen-bond acceptors (Lipinski definition) is 5. The van der Waals surface area contributed by atoms with Crippen LogP contribution in [-0.4, -0.2) is 29.8 Å². The summed E-state index contributed by atoms with van der Waals surface area (Å²) in [4.78, 5) is 11.9. The minimum atomic E-state index is -0.193. The first-order chi connectivity index (χ1) is 9.19. The van der Waals surface area contributed by atoms with Crippen LogP contribution >= 0.6 is 27.3 Å². The lowest BCUT2D eigenvalue weighted by Gasteiger charge is -2.00. The Hall–Kier alpha value is -1.31. The number of ether oxygens (including phenoxy) is 1. The van der Waals surface area contributed by atoms with Crippen LogP contribution in [-0.2, 0) is 11.2 Å². The van der Waals surface area contributed by atoms with Crippen molar-refractivity contribution < 1.29 is 9.53 Å². The molecule has 0 bridgehead atoms. The molecule has 0 saturated heterocycles. The monoisotopic (exact) mass is 341 g/mol. The molecule has 1 aromatic carbocycles. The summed E-state index contributed by atoms with van der Waals surface area (Å²) in [5.74, 6) is -0.193. The second-order valence-electron chi connectivity index (χ2n) is 3.70. The zero-order valence-electron chi connectivity index (χ0n) is 10.2. The number of rotatable bonds is 5. The lowest BCUT2D eigenvalue weighted by molar-refractivity contribution is 0.102. The summed E-state index contributed by atoms with van der Waals surface area (Å²) < 4.78 is 5.90. The van der Waals surface area contributed by atoms with Crippen LogP contribution in [0.1, 0.15) is 15.4 Å². The van der Waals surface area contributed by atoms with E-state index < -0.39 is 0 Å². The topological polar surface area (TPSA) is 64.1 Å². The summed E-state index contributed by atoms with van der Waals surface area (Å²) >= 11 is 4.68. The molecule has 0 fully saturated rings. The fraction of sp³-hybridized carbons (Fsp3) is 0.250. The fourth-order valence-electron chi connectivity index (χ4n) is 1.37. The summed E-state index contributed by atoms with van der Waals surface area (Å²) in [6, 6.07) is 7.12. The van der Waals surface area contributed by atoms with E-state index in [-0.39, 0.29) is 5.91 Å². The van der Waals surface area contributed by atoms with Gasteiger partial charge in [0.2, 0.25) is 5.13 Å². The minimum Gasteiger partial charge on any atom is -0.384 e. The molecule has 0 saturated carbocycles. The third-order valence-electron chi connectivity index (χ3n) is 2.31. The quantitative estimate of drug-likeness (QED) is 0.908. The van der Waals surface area contributed by atoms with Crippen molar-refractivity contribution in [2.75, 3.05) is 19.0 Å². The Morgan fingerprint density at radius 1 is 1.37 bits per heavy atom. The maximum absolute atomic E-state index is 11.9. The van der Waals surface area contributed by atoms with Crippen LogP contribution in [0.25, 0.3) is 0 Å². The molecule has 0 spiro atoms. The first kappa shape index (κ1) is 14.1. The van der Waals surface area contributed by atoms with E-state index in [1.807, 2.05) is 12.1 Å². The van der Waals surface area contributed by atoms with Crippen LogP contribution in [0.3, 0.4) is 0 Å². The van der Waals surface area contributed by atoms with E-state index in [0.717, 1.165) is 9.48 Å². The third kappa shape index (κ3) is 4.09. The van der Waals surface area contributed by atoms with Crippen molar-refractivity contribution in [1.29, 1.82) is 0 Å². The zero-order chi connectivity index (χ0) is 13.7. The average molecular weight is 342 g/mol. The number of hydrogen-bond donors (Lipinski definition) is 1. The highest BCUT2D eigenvalue weighted by Crippen LogP contribution is 2.17. The molecule has 0 aliphatic carbocycles. The molecule has 1 N–H and O–H groups in total. The highest BCUT2D eigenvalue weighted by atomic mass is 79.9. The zero-order valence-corrected chi connectivity index (χ0v) is 12.6. The number of benzene rings is 1. The Balaban J connectivity index is 1.98. The number of amides is 1. The molecule has 0 unspecified atom stereocenters. The second-order valence-corrected chi connectivity index (χ2v) is 5.68. The molecule has 0 aliphatic rings. The molecule has 0 radical (unpaired) electrons. The van der Waals surface area contributed by atoms with Crippen molar-refractivity contribution in [3.8, 4) is 0 Å². The number of nitrogens with one attached hydrogen (secondary N) is 1. The van der Waals surface area contributed by atoms with Gasteiger partial charge in [0, 0.05) is 23.6 Å². The van der Waals surface area contributed by atoms with Crippen molar-refractivity contribution in [2.24, 2.45) is 0 Å². The Kier molecular flexibility index (Phi) is 5.00. The van der Waals surface area contributed by atoms with E-state index in [2.05, 4.69) is 31.4 Å². The highest BCUT2D eigenvalue weighted by molar-refractivity contribution is 9.10. The minimum absolute atomic E-state index is 0.193. The predicted octanol–water partition coefficient (Wildman–Crippen LogP) is 2.74. The van der Waals surface area contributed by atoms with Crippen LogP contribution < -0.4 is 5.32 Å². The number of methoxy groups -OCH3 is 1. The molecule has 2 aromatic rings. The van der Waals surface area contributed by atoms with E-state index in [1.54, 1.807) is 19.2 Å². The van der Waals surface area contributed by atoms with Gasteiger partial charge in [0.15, 0.2) is 0 Å². The summed E-state index contributed by atoms with van der Waals surface area (Å²) in [6.07, 6.45) is 0.697. The van der Waals surface area contributed by atoms with Gasteiger partial charge in [-0.1, -0.05) is 27.3 Å². The van der Waals surface area contributed by atoms with Crippen molar-refractivity contribution >= 4 is 38.3 Å². The van der Waals surface area contributed by atoms with Gasteiger partial charge in [0.1, 0.15) is 5.01 Å². The number of anilines is 1. The fourth-order valence-corrected chi connectivity index (χ4v) is 2.35. The SMILES string of the molecule is COCCc1nnc(NC(=O)c2ccc(Br)cc2)s1. The van der Waals surface area contributed by atoms with Gasteiger partial charge >= 0.3 is 0 Å². The first-order valence-corrected chi connectivity index (χ1v) is 7.18. The van der Waals surface area contributed by atoms with E-state index in [0.29, 0.717) is 23.7 Å². The van der Waals surface area contributed by atoms with Gasteiger partial charge < -0.3 is 4.74 Å². The molecule has 2 rings (SSSR count). The van der Waals surface area contributed by atoms with Gasteiger partial charge in [-0.3, -0.25) is 10.1 Å². The van der Waals surface area contributed by atoms with Gasteiger partial charge in [-0.15, -0.1) is 10.2 Å². The first-order valence-electron chi connectivity index (χ1n) is 5.57. The Bertz CT molecular complexity index is 556.